The van der Waals surface area contributed by atoms with Crippen molar-refractivity contribution in [3.05, 3.63) is 0 Å². The minimum atomic E-state index is -2.80. The fraction of sp³-hybridized carbons (Fsp3) is 0.562. The molecule has 0 aliphatic rings. The summed E-state index contributed by atoms with van der Waals surface area (Å²) in [5.74, 6) is -10.2. The van der Waals surface area contributed by atoms with Crippen molar-refractivity contribution >= 4 is 41.8 Å². The molecule has 34 heavy (non-hydrogen) atoms. The first kappa shape index (κ1) is 35.8. The first-order valence-corrected chi connectivity index (χ1v) is 8.67. The van der Waals surface area contributed by atoms with Crippen LogP contribution in [-0.4, -0.2) is 132 Å². The molecule has 0 saturated carbocycles. The normalized spacial score (nSPS) is 11.9. The topological polar surface area (TPSA) is 291 Å². The summed E-state index contributed by atoms with van der Waals surface area (Å²) in [6.45, 7) is -2.25. The summed E-state index contributed by atoms with van der Waals surface area (Å²) in [6, 6.07) is 0. The maximum absolute atomic E-state index is 10.6. The third kappa shape index (κ3) is 19.8. The van der Waals surface area contributed by atoms with Gasteiger partial charge in [0.25, 0.3) is 0 Å². The number of carbonyl (C=O) groups excluding carboxylic acids is 1. The van der Waals surface area contributed by atoms with Crippen molar-refractivity contribution in [2.24, 2.45) is 0 Å². The molecule has 0 aromatic rings. The predicted molar refractivity (Wildman–Crippen MR) is 97.9 cm³/mol. The molecule has 0 aliphatic heterocycles. The molecule has 0 amide bonds. The van der Waals surface area contributed by atoms with E-state index in [1.807, 2.05) is 0 Å². The second kappa shape index (κ2) is 17.6. The Bertz CT molecular complexity index is 673. The van der Waals surface area contributed by atoms with Crippen LogP contribution in [0, 0.1) is 0 Å². The van der Waals surface area contributed by atoms with Crippen molar-refractivity contribution in [1.82, 2.24) is 9.80 Å². The number of carboxylic acid groups (broad SMARTS) is 7. The second-order valence-corrected chi connectivity index (χ2v) is 6.45. The van der Waals surface area contributed by atoms with Crippen molar-refractivity contribution < 1.29 is 104 Å². The Hall–Kier alpha value is -2.83. The zero-order valence-corrected chi connectivity index (χ0v) is 19.9. The summed E-state index contributed by atoms with van der Waals surface area (Å²) in [5, 5.41) is 70.0. The monoisotopic (exact) mass is 506 g/mol. The molecule has 18 heteroatoms. The van der Waals surface area contributed by atoms with Crippen LogP contribution in [0.2, 0.25) is 0 Å². The van der Waals surface area contributed by atoms with Crippen molar-refractivity contribution in [3.8, 4) is 0 Å². The molecule has 0 aromatic heterocycles. The fourth-order valence-corrected chi connectivity index (χ4v) is 2.18. The van der Waals surface area contributed by atoms with Crippen LogP contribution in [0.25, 0.3) is 0 Å². The second-order valence-electron chi connectivity index (χ2n) is 6.45. The maximum atomic E-state index is 10.6. The van der Waals surface area contributed by atoms with Crippen LogP contribution in [0.4, 0.5) is 0 Å². The largest absolute Gasteiger partial charge is 1.00 e. The molecule has 0 fully saturated rings. The minimum Gasteiger partial charge on any atom is -0.550 e. The molecule has 7 N–H and O–H groups in total. The molecule has 0 spiro atoms. The molecule has 1 unspecified atom stereocenters. The van der Waals surface area contributed by atoms with Crippen molar-refractivity contribution in [2.75, 3.05) is 39.3 Å². The van der Waals surface area contributed by atoms with Gasteiger partial charge in [0.1, 0.15) is 0 Å². The van der Waals surface area contributed by atoms with Gasteiger partial charge in [0.05, 0.1) is 32.6 Å². The Morgan fingerprint density at radius 3 is 1.06 bits per heavy atom. The van der Waals surface area contributed by atoms with E-state index in [0.29, 0.717) is 0 Å². The van der Waals surface area contributed by atoms with Gasteiger partial charge in [-0.2, -0.15) is 0 Å². The van der Waals surface area contributed by atoms with Gasteiger partial charge in [-0.3, -0.25) is 33.8 Å². The molecule has 188 valence electrons. The number of aliphatic carboxylic acids is 7. The summed E-state index contributed by atoms with van der Waals surface area (Å²) < 4.78 is 0. The summed E-state index contributed by atoms with van der Waals surface area (Å²) in [6.07, 6.45) is -2.44. The summed E-state index contributed by atoms with van der Waals surface area (Å²) >= 11 is 0. The molecule has 0 rings (SSSR count). The van der Waals surface area contributed by atoms with Crippen molar-refractivity contribution in [1.29, 1.82) is 0 Å². The first-order valence-electron chi connectivity index (χ1n) is 8.67. The number of carbonyl (C=O) groups is 7. The number of rotatable bonds is 16. The van der Waals surface area contributed by atoms with E-state index in [9.17, 15) is 38.7 Å². The minimum absolute atomic E-state index is 0. The van der Waals surface area contributed by atoms with E-state index in [2.05, 4.69) is 0 Å². The standard InChI is InChI=1S/C10H16N2O8.C6H8O7.Na/c13-7(14)3-11(4-8(15)16)1-2-12(5-9(17)18)6-10(19)20;7-3(8)1-6(13,5(11)12)2-4(9)10;/h1-6H2,(H,13,14)(H,15,16)(H,17,18)(H,19,20);13H,1-2H2,(H,7,8)(H,9,10)(H,11,12);/q;;+1/p-1. The van der Waals surface area contributed by atoms with E-state index in [1.54, 1.807) is 0 Å². The first-order chi connectivity index (χ1) is 15.0. The van der Waals surface area contributed by atoms with E-state index in [1.165, 1.54) is 0 Å². The van der Waals surface area contributed by atoms with Gasteiger partial charge in [-0.1, -0.05) is 0 Å². The number of hydrogen-bond acceptors (Lipinski definition) is 11. The molecule has 0 saturated heterocycles. The Balaban J connectivity index is -0.000000598. The quantitative estimate of drug-likeness (QED) is 0.0956. The average Bonchev–Trinajstić information content (AvgIpc) is 2.56. The number of aliphatic hydroxyl groups is 1. The molecular weight excluding hydrogens is 483 g/mol. The molecule has 0 aromatic carbocycles. The van der Waals surface area contributed by atoms with E-state index in [0.717, 1.165) is 9.80 Å². The number of hydrogen-bond donors (Lipinski definition) is 7. The summed E-state index contributed by atoms with van der Waals surface area (Å²) in [7, 11) is 0. The van der Waals surface area contributed by atoms with Crippen LogP contribution in [0.15, 0.2) is 0 Å². The van der Waals surface area contributed by atoms with Crippen molar-refractivity contribution in [3.63, 3.8) is 0 Å². The molecule has 0 radical (unpaired) electrons. The number of carboxylic acids is 7. The molecule has 17 nitrogen and oxygen atoms in total. The zero-order valence-electron chi connectivity index (χ0n) is 17.9. The smallest absolute Gasteiger partial charge is 0.550 e. The van der Waals surface area contributed by atoms with Gasteiger partial charge in [-0.25, -0.2) is 4.79 Å². The van der Waals surface area contributed by atoms with Gasteiger partial charge in [0.15, 0.2) is 5.60 Å². The molecule has 0 heterocycles. The van der Waals surface area contributed by atoms with Crippen LogP contribution in [-0.2, 0) is 33.6 Å². The van der Waals surface area contributed by atoms with Crippen LogP contribution in [0.1, 0.15) is 12.8 Å². The van der Waals surface area contributed by atoms with Gasteiger partial charge < -0.3 is 45.6 Å². The van der Waals surface area contributed by atoms with Gasteiger partial charge in [0.2, 0.25) is 0 Å². The third-order valence-corrected chi connectivity index (χ3v) is 3.45. The molecular formula is C16H23N2NaO15. The summed E-state index contributed by atoms with van der Waals surface area (Å²) in [4.78, 5) is 74.7. The van der Waals surface area contributed by atoms with Gasteiger partial charge >= 0.3 is 65.4 Å². The Morgan fingerprint density at radius 1 is 0.588 bits per heavy atom. The van der Waals surface area contributed by atoms with Gasteiger partial charge in [0, 0.05) is 25.5 Å². The van der Waals surface area contributed by atoms with Crippen molar-refractivity contribution in [2.45, 2.75) is 18.4 Å². The Morgan fingerprint density at radius 2 is 0.882 bits per heavy atom. The van der Waals surface area contributed by atoms with E-state index in [4.69, 9.17) is 35.7 Å². The number of nitrogens with zero attached hydrogens (tertiary/aromatic N) is 2. The van der Waals surface area contributed by atoms with E-state index < -0.39 is 86.4 Å². The third-order valence-electron chi connectivity index (χ3n) is 3.45. The van der Waals surface area contributed by atoms with E-state index >= 15 is 0 Å². The predicted octanol–water partition coefficient (Wildman–Crippen LogP) is -7.65. The van der Waals surface area contributed by atoms with Gasteiger partial charge in [-0.05, 0) is 0 Å². The van der Waals surface area contributed by atoms with Crippen LogP contribution in [0.3, 0.4) is 0 Å². The molecule has 0 aliphatic carbocycles. The van der Waals surface area contributed by atoms with Crippen LogP contribution in [0.5, 0.6) is 0 Å². The maximum Gasteiger partial charge on any atom is 1.00 e. The summed E-state index contributed by atoms with van der Waals surface area (Å²) in [5.41, 5.74) is -2.80. The van der Waals surface area contributed by atoms with Crippen LogP contribution < -0.4 is 34.7 Å². The Kier molecular flexibility index (Phi) is 18.5. The average molecular weight is 506 g/mol. The van der Waals surface area contributed by atoms with Crippen LogP contribution >= 0.6 is 0 Å². The van der Waals surface area contributed by atoms with E-state index in [-0.39, 0.29) is 42.6 Å². The molecule has 0 bridgehead atoms. The SMILES string of the molecule is O=C(O)CN(CCN(CC(=O)O)CC(=O)O)CC(=O)O.O=C([O-])CC(O)(CC(=O)O)C(=O)O.[Na+]. The fourth-order valence-electron chi connectivity index (χ4n) is 2.18. The molecule has 1 atom stereocenters. The zero-order chi connectivity index (χ0) is 26.4. The van der Waals surface area contributed by atoms with Gasteiger partial charge in [-0.15, -0.1) is 0 Å². The Labute approximate surface area is 213 Å².